The predicted octanol–water partition coefficient (Wildman–Crippen LogP) is 2.40. The highest BCUT2D eigenvalue weighted by atomic mass is 16.5. The molecule has 2 heterocycles. The third-order valence-corrected chi connectivity index (χ3v) is 3.33. The van der Waals surface area contributed by atoms with Crippen molar-refractivity contribution >= 4 is 0 Å². The molecule has 0 amide bonds. The van der Waals surface area contributed by atoms with Crippen LogP contribution in [0.1, 0.15) is 29.0 Å². The Morgan fingerprint density at radius 2 is 1.94 bits per heavy atom. The van der Waals surface area contributed by atoms with Crippen molar-refractivity contribution in [3.8, 4) is 0 Å². The van der Waals surface area contributed by atoms with Gasteiger partial charge in [0.25, 0.3) is 0 Å². The molecule has 2 atom stereocenters. The predicted molar refractivity (Wildman–Crippen MR) is 70.0 cm³/mol. The maximum Gasteiger partial charge on any atom is 0.0866 e. The zero-order valence-corrected chi connectivity index (χ0v) is 10.1. The van der Waals surface area contributed by atoms with Crippen molar-refractivity contribution in [3.63, 3.8) is 0 Å². The van der Waals surface area contributed by atoms with Crippen LogP contribution in [0.2, 0.25) is 0 Å². The second-order valence-electron chi connectivity index (χ2n) is 4.59. The average molecular weight is 240 g/mol. The summed E-state index contributed by atoms with van der Waals surface area (Å²) in [5.41, 5.74) is 9.45. The lowest BCUT2D eigenvalue weighted by Crippen LogP contribution is -2.17. The van der Waals surface area contributed by atoms with Gasteiger partial charge in [-0.15, -0.1) is 0 Å². The lowest BCUT2D eigenvalue weighted by Gasteiger charge is -2.15. The normalized spacial score (nSPS) is 23.2. The number of nitrogens with zero attached hydrogens (tertiary/aromatic N) is 1. The minimum Gasteiger partial charge on any atom is -0.371 e. The van der Waals surface area contributed by atoms with Gasteiger partial charge in [0.2, 0.25) is 0 Å². The Labute approximate surface area is 107 Å². The van der Waals surface area contributed by atoms with Crippen LogP contribution in [0, 0.1) is 0 Å². The fourth-order valence-corrected chi connectivity index (χ4v) is 2.40. The molecule has 0 spiro atoms. The van der Waals surface area contributed by atoms with E-state index in [4.69, 9.17) is 10.5 Å². The summed E-state index contributed by atoms with van der Waals surface area (Å²) < 4.78 is 5.92. The molecule has 2 N–H and O–H groups in total. The minimum absolute atomic E-state index is 0.0719. The van der Waals surface area contributed by atoms with Gasteiger partial charge >= 0.3 is 0 Å². The molecule has 1 aromatic heterocycles. The van der Waals surface area contributed by atoms with Crippen molar-refractivity contribution in [3.05, 3.63) is 65.5 Å². The number of pyridine rings is 1. The van der Waals surface area contributed by atoms with Crippen molar-refractivity contribution in [2.24, 2.45) is 5.73 Å². The number of ether oxygens (including phenoxy) is 1. The van der Waals surface area contributed by atoms with Gasteiger partial charge in [0.1, 0.15) is 0 Å². The Balaban J connectivity index is 1.94. The highest BCUT2D eigenvalue weighted by Crippen LogP contribution is 2.29. The molecule has 0 radical (unpaired) electrons. The van der Waals surface area contributed by atoms with Crippen LogP contribution in [-0.2, 0) is 11.2 Å². The van der Waals surface area contributed by atoms with E-state index in [1.54, 1.807) is 6.20 Å². The number of fused-ring (bicyclic) bond motifs is 1. The zero-order chi connectivity index (χ0) is 12.4. The van der Waals surface area contributed by atoms with E-state index in [2.05, 4.69) is 23.2 Å². The summed E-state index contributed by atoms with van der Waals surface area (Å²) >= 11 is 0. The molecule has 0 fully saturated rings. The number of nitrogens with two attached hydrogens (primary N) is 1. The van der Waals surface area contributed by atoms with E-state index in [9.17, 15) is 0 Å². The van der Waals surface area contributed by atoms with Crippen molar-refractivity contribution in [1.29, 1.82) is 0 Å². The van der Waals surface area contributed by atoms with E-state index < -0.39 is 0 Å². The van der Waals surface area contributed by atoms with Crippen LogP contribution in [0.15, 0.2) is 48.7 Å². The standard InChI is InChI=1S/C15H16N2O/c16-13-10-18-14(11-5-2-1-3-6-11)9-12-7-4-8-17-15(12)13/h1-8,13-14H,9-10,16H2/t13-,14+/m0/s1. The fourth-order valence-electron chi connectivity index (χ4n) is 2.40. The summed E-state index contributed by atoms with van der Waals surface area (Å²) in [6.45, 7) is 0.517. The van der Waals surface area contributed by atoms with Gasteiger partial charge in [-0.25, -0.2) is 0 Å². The van der Waals surface area contributed by atoms with E-state index in [1.807, 2.05) is 24.3 Å². The van der Waals surface area contributed by atoms with Crippen LogP contribution < -0.4 is 5.73 Å². The zero-order valence-electron chi connectivity index (χ0n) is 10.1. The molecule has 18 heavy (non-hydrogen) atoms. The van der Waals surface area contributed by atoms with E-state index in [0.29, 0.717) is 6.61 Å². The molecule has 0 saturated heterocycles. The molecular formula is C15H16N2O. The Bertz CT molecular complexity index is 527. The second kappa shape index (κ2) is 4.88. The summed E-state index contributed by atoms with van der Waals surface area (Å²) in [6.07, 6.45) is 2.70. The minimum atomic E-state index is -0.130. The molecule has 1 aliphatic heterocycles. The molecule has 0 aliphatic carbocycles. The highest BCUT2D eigenvalue weighted by molar-refractivity contribution is 5.28. The smallest absolute Gasteiger partial charge is 0.0866 e. The number of hydrogen-bond donors (Lipinski definition) is 1. The van der Waals surface area contributed by atoms with Gasteiger partial charge in [-0.3, -0.25) is 4.98 Å². The van der Waals surface area contributed by atoms with Crippen molar-refractivity contribution < 1.29 is 4.74 Å². The Morgan fingerprint density at radius 3 is 2.78 bits per heavy atom. The van der Waals surface area contributed by atoms with Crippen LogP contribution in [0.25, 0.3) is 0 Å². The quantitative estimate of drug-likeness (QED) is 0.832. The van der Waals surface area contributed by atoms with Crippen LogP contribution >= 0.6 is 0 Å². The van der Waals surface area contributed by atoms with Gasteiger partial charge in [0.15, 0.2) is 0 Å². The molecule has 92 valence electrons. The molecule has 3 nitrogen and oxygen atoms in total. The Hall–Kier alpha value is -1.71. The molecule has 3 heteroatoms. The summed E-state index contributed by atoms with van der Waals surface area (Å²) in [4.78, 5) is 4.38. The van der Waals surface area contributed by atoms with E-state index >= 15 is 0 Å². The number of benzene rings is 1. The van der Waals surface area contributed by atoms with E-state index in [1.165, 1.54) is 11.1 Å². The van der Waals surface area contributed by atoms with Gasteiger partial charge in [-0.1, -0.05) is 36.4 Å². The maximum atomic E-state index is 6.10. The first kappa shape index (κ1) is 11.4. The average Bonchev–Trinajstić information content (AvgIpc) is 2.60. The summed E-state index contributed by atoms with van der Waals surface area (Å²) in [5, 5.41) is 0. The fraction of sp³-hybridized carbons (Fsp3) is 0.267. The first-order valence-electron chi connectivity index (χ1n) is 6.20. The van der Waals surface area contributed by atoms with Gasteiger partial charge in [-0.2, -0.15) is 0 Å². The van der Waals surface area contributed by atoms with E-state index in [0.717, 1.165) is 12.1 Å². The number of rotatable bonds is 1. The SMILES string of the molecule is N[C@H]1CO[C@@H](c2ccccc2)Cc2cccnc21. The van der Waals surface area contributed by atoms with Crippen molar-refractivity contribution in [2.45, 2.75) is 18.6 Å². The molecule has 1 aromatic carbocycles. The monoisotopic (exact) mass is 240 g/mol. The molecule has 0 bridgehead atoms. The van der Waals surface area contributed by atoms with E-state index in [-0.39, 0.29) is 12.1 Å². The number of aromatic nitrogens is 1. The summed E-state index contributed by atoms with van der Waals surface area (Å²) in [5.74, 6) is 0. The van der Waals surface area contributed by atoms with Crippen LogP contribution in [0.4, 0.5) is 0 Å². The van der Waals surface area contributed by atoms with Crippen molar-refractivity contribution in [2.75, 3.05) is 6.61 Å². The third-order valence-electron chi connectivity index (χ3n) is 3.33. The molecule has 2 aromatic rings. The van der Waals surface area contributed by atoms with Crippen molar-refractivity contribution in [1.82, 2.24) is 4.98 Å². The topological polar surface area (TPSA) is 48.1 Å². The highest BCUT2D eigenvalue weighted by Gasteiger charge is 2.23. The lowest BCUT2D eigenvalue weighted by atomic mass is 10.00. The summed E-state index contributed by atoms with van der Waals surface area (Å²) in [6, 6.07) is 14.2. The van der Waals surface area contributed by atoms with Gasteiger partial charge < -0.3 is 10.5 Å². The van der Waals surface area contributed by atoms with Gasteiger partial charge in [-0.05, 0) is 17.2 Å². The second-order valence-corrected chi connectivity index (χ2v) is 4.59. The Morgan fingerprint density at radius 1 is 1.11 bits per heavy atom. The largest absolute Gasteiger partial charge is 0.371 e. The molecule has 0 unspecified atom stereocenters. The first-order chi connectivity index (χ1) is 8.84. The summed E-state index contributed by atoms with van der Waals surface area (Å²) in [7, 11) is 0. The molecule has 1 aliphatic rings. The third kappa shape index (κ3) is 2.15. The first-order valence-corrected chi connectivity index (χ1v) is 6.20. The molecule has 3 rings (SSSR count). The van der Waals surface area contributed by atoms with Gasteiger partial charge in [0, 0.05) is 12.6 Å². The lowest BCUT2D eigenvalue weighted by molar-refractivity contribution is 0.0497. The van der Waals surface area contributed by atoms with Gasteiger partial charge in [0.05, 0.1) is 24.4 Å². The van der Waals surface area contributed by atoms with Crippen LogP contribution in [0.3, 0.4) is 0 Å². The molecule has 0 saturated carbocycles. The molecular weight excluding hydrogens is 224 g/mol. The Kier molecular flexibility index (Phi) is 3.09. The van der Waals surface area contributed by atoms with Crippen LogP contribution in [0.5, 0.6) is 0 Å². The maximum absolute atomic E-state index is 6.10. The van der Waals surface area contributed by atoms with Crippen LogP contribution in [-0.4, -0.2) is 11.6 Å². The number of hydrogen-bond acceptors (Lipinski definition) is 3.